The molecule has 1 aliphatic heterocycles. The number of aldehydes is 1. The van der Waals surface area contributed by atoms with Gasteiger partial charge in [0.05, 0.1) is 0 Å². The summed E-state index contributed by atoms with van der Waals surface area (Å²) < 4.78 is 0. The van der Waals surface area contributed by atoms with Crippen LogP contribution < -0.4 is 0 Å². The predicted octanol–water partition coefficient (Wildman–Crippen LogP) is 0.919. The molecule has 12 heavy (non-hydrogen) atoms. The number of likely N-dealkylation sites (tertiary alicyclic amines) is 1. The van der Waals surface area contributed by atoms with Crippen LogP contribution in [0.5, 0.6) is 0 Å². The predicted molar refractivity (Wildman–Crippen MR) is 48.7 cm³/mol. The Morgan fingerprint density at radius 2 is 2.50 bits per heavy atom. The first-order chi connectivity index (χ1) is 5.79. The maximum Gasteiger partial charge on any atom is 0.124 e. The van der Waals surface area contributed by atoms with Crippen molar-refractivity contribution >= 4 is 6.29 Å². The summed E-state index contributed by atoms with van der Waals surface area (Å²) in [6.07, 6.45) is 9.11. The van der Waals surface area contributed by atoms with Gasteiger partial charge in [-0.15, -0.1) is 12.3 Å². The third-order valence-electron chi connectivity index (χ3n) is 2.61. The molecule has 0 aromatic carbocycles. The second kappa shape index (κ2) is 4.27. The van der Waals surface area contributed by atoms with Gasteiger partial charge in [0.1, 0.15) is 6.29 Å². The highest BCUT2D eigenvalue weighted by molar-refractivity contribution is 5.55. The highest BCUT2D eigenvalue weighted by atomic mass is 16.1. The van der Waals surface area contributed by atoms with Crippen LogP contribution in [0.15, 0.2) is 0 Å². The molecule has 1 aliphatic rings. The molecule has 1 fully saturated rings. The highest BCUT2D eigenvalue weighted by Gasteiger charge is 2.27. The van der Waals surface area contributed by atoms with E-state index in [1.54, 1.807) is 0 Å². The molecular weight excluding hydrogens is 150 g/mol. The summed E-state index contributed by atoms with van der Waals surface area (Å²) in [4.78, 5) is 12.9. The molecule has 2 unspecified atom stereocenters. The quantitative estimate of drug-likeness (QED) is 0.448. The lowest BCUT2D eigenvalue weighted by Gasteiger charge is -2.35. The number of carbonyl (C=O) groups is 1. The van der Waals surface area contributed by atoms with Crippen molar-refractivity contribution in [2.24, 2.45) is 5.92 Å². The SMILES string of the molecule is C#CCC1C(C=O)CCCN1C. The number of terminal acetylenes is 1. The standard InChI is InChI=1S/C10H15NO/c1-3-5-10-9(8-12)6-4-7-11(10)2/h1,8-10H,4-7H2,2H3. The molecule has 1 saturated heterocycles. The minimum absolute atomic E-state index is 0.153. The first-order valence-corrected chi connectivity index (χ1v) is 4.38. The Balaban J connectivity index is 2.60. The topological polar surface area (TPSA) is 20.3 Å². The molecule has 1 heterocycles. The van der Waals surface area contributed by atoms with Crippen LogP contribution in [0.25, 0.3) is 0 Å². The van der Waals surface area contributed by atoms with Gasteiger partial charge in [-0.05, 0) is 26.4 Å². The summed E-state index contributed by atoms with van der Waals surface area (Å²) in [5.74, 6) is 2.78. The number of nitrogens with zero attached hydrogens (tertiary/aromatic N) is 1. The van der Waals surface area contributed by atoms with E-state index >= 15 is 0 Å². The molecule has 0 amide bonds. The molecule has 0 aromatic rings. The van der Waals surface area contributed by atoms with E-state index in [4.69, 9.17) is 6.42 Å². The van der Waals surface area contributed by atoms with Gasteiger partial charge in [0, 0.05) is 18.4 Å². The van der Waals surface area contributed by atoms with Crippen molar-refractivity contribution in [1.82, 2.24) is 4.90 Å². The van der Waals surface area contributed by atoms with Crippen LogP contribution in [-0.2, 0) is 4.79 Å². The van der Waals surface area contributed by atoms with Gasteiger partial charge >= 0.3 is 0 Å². The van der Waals surface area contributed by atoms with Crippen LogP contribution in [0.4, 0.5) is 0 Å². The zero-order valence-electron chi connectivity index (χ0n) is 7.49. The van der Waals surface area contributed by atoms with Crippen molar-refractivity contribution < 1.29 is 4.79 Å². The Hall–Kier alpha value is -0.810. The smallest absolute Gasteiger partial charge is 0.124 e. The molecule has 1 rings (SSSR count). The number of hydrogen-bond donors (Lipinski definition) is 0. The number of hydrogen-bond acceptors (Lipinski definition) is 2. The van der Waals surface area contributed by atoms with E-state index in [-0.39, 0.29) is 12.0 Å². The number of piperidine rings is 1. The zero-order valence-corrected chi connectivity index (χ0v) is 7.49. The second-order valence-corrected chi connectivity index (χ2v) is 3.40. The first kappa shape index (κ1) is 9.28. The van der Waals surface area contributed by atoms with Gasteiger partial charge < -0.3 is 9.69 Å². The molecule has 2 nitrogen and oxygen atoms in total. The number of carbonyl (C=O) groups excluding carboxylic acids is 1. The summed E-state index contributed by atoms with van der Waals surface area (Å²) in [5.41, 5.74) is 0. The van der Waals surface area contributed by atoms with Crippen LogP contribution in [0.2, 0.25) is 0 Å². The lowest BCUT2D eigenvalue weighted by molar-refractivity contribution is -0.114. The van der Waals surface area contributed by atoms with Crippen molar-refractivity contribution in [2.75, 3.05) is 13.6 Å². The van der Waals surface area contributed by atoms with Crippen LogP contribution in [0.1, 0.15) is 19.3 Å². The fourth-order valence-corrected chi connectivity index (χ4v) is 1.85. The van der Waals surface area contributed by atoms with Crippen LogP contribution in [0.3, 0.4) is 0 Å². The van der Waals surface area contributed by atoms with Crippen molar-refractivity contribution in [3.63, 3.8) is 0 Å². The third kappa shape index (κ3) is 1.86. The number of rotatable bonds is 2. The van der Waals surface area contributed by atoms with Gasteiger partial charge in [0.25, 0.3) is 0 Å². The molecule has 0 saturated carbocycles. The summed E-state index contributed by atoms with van der Waals surface area (Å²) >= 11 is 0. The van der Waals surface area contributed by atoms with Gasteiger partial charge in [0.15, 0.2) is 0 Å². The van der Waals surface area contributed by atoms with Gasteiger partial charge in [0.2, 0.25) is 0 Å². The van der Waals surface area contributed by atoms with Gasteiger partial charge in [-0.2, -0.15) is 0 Å². The molecule has 0 bridgehead atoms. The lowest BCUT2D eigenvalue weighted by Crippen LogP contribution is -2.43. The van der Waals surface area contributed by atoms with E-state index in [1.165, 1.54) is 0 Å². The van der Waals surface area contributed by atoms with E-state index in [0.717, 1.165) is 25.7 Å². The van der Waals surface area contributed by atoms with E-state index in [1.807, 2.05) is 7.05 Å². The Bertz CT molecular complexity index is 195. The fraction of sp³-hybridized carbons (Fsp3) is 0.700. The van der Waals surface area contributed by atoms with Crippen molar-refractivity contribution in [3.8, 4) is 12.3 Å². The largest absolute Gasteiger partial charge is 0.303 e. The summed E-state index contributed by atoms with van der Waals surface area (Å²) in [7, 11) is 2.04. The molecule has 0 aliphatic carbocycles. The van der Waals surface area contributed by atoms with Gasteiger partial charge in [-0.1, -0.05) is 0 Å². The maximum atomic E-state index is 10.7. The molecule has 0 N–H and O–H groups in total. The minimum Gasteiger partial charge on any atom is -0.303 e. The van der Waals surface area contributed by atoms with E-state index in [2.05, 4.69) is 10.8 Å². The van der Waals surface area contributed by atoms with Gasteiger partial charge in [-0.25, -0.2) is 0 Å². The van der Waals surface area contributed by atoms with E-state index in [9.17, 15) is 4.79 Å². The lowest BCUT2D eigenvalue weighted by atomic mass is 9.89. The maximum absolute atomic E-state index is 10.7. The minimum atomic E-state index is 0.153. The molecule has 0 aromatic heterocycles. The Kier molecular flexibility index (Phi) is 3.31. The monoisotopic (exact) mass is 165 g/mol. The highest BCUT2D eigenvalue weighted by Crippen LogP contribution is 2.22. The van der Waals surface area contributed by atoms with Crippen molar-refractivity contribution in [2.45, 2.75) is 25.3 Å². The van der Waals surface area contributed by atoms with Crippen LogP contribution in [0, 0.1) is 18.3 Å². The third-order valence-corrected chi connectivity index (χ3v) is 2.61. The molecule has 2 heteroatoms. The molecule has 66 valence electrons. The summed E-state index contributed by atoms with van der Waals surface area (Å²) in [6, 6.07) is 0.279. The zero-order chi connectivity index (χ0) is 8.97. The van der Waals surface area contributed by atoms with Crippen molar-refractivity contribution in [1.29, 1.82) is 0 Å². The van der Waals surface area contributed by atoms with Gasteiger partial charge in [-0.3, -0.25) is 0 Å². The second-order valence-electron chi connectivity index (χ2n) is 3.40. The van der Waals surface area contributed by atoms with E-state index < -0.39 is 0 Å². The first-order valence-electron chi connectivity index (χ1n) is 4.38. The summed E-state index contributed by atoms with van der Waals surface area (Å²) in [5, 5.41) is 0. The van der Waals surface area contributed by atoms with Crippen molar-refractivity contribution in [3.05, 3.63) is 0 Å². The van der Waals surface area contributed by atoms with Crippen LogP contribution in [-0.4, -0.2) is 30.8 Å². The average molecular weight is 165 g/mol. The molecule has 0 spiro atoms. The molecule has 0 radical (unpaired) electrons. The average Bonchev–Trinajstić information content (AvgIpc) is 2.09. The molecule has 2 atom stereocenters. The van der Waals surface area contributed by atoms with E-state index in [0.29, 0.717) is 6.42 Å². The van der Waals surface area contributed by atoms with Crippen LogP contribution >= 0.6 is 0 Å². The summed E-state index contributed by atoms with van der Waals surface area (Å²) in [6.45, 7) is 1.07. The Morgan fingerprint density at radius 3 is 3.08 bits per heavy atom. The Morgan fingerprint density at radius 1 is 1.75 bits per heavy atom. The fourth-order valence-electron chi connectivity index (χ4n) is 1.85. The molecular formula is C10H15NO. The normalized spacial score (nSPS) is 31.0. The Labute approximate surface area is 73.9 Å².